The SMILES string of the molecule is Cc1cc2nc(N3C(=O)C(O)=C(C(=O)c4cc5cc(Br)ccc5o4)C3c3ccc(N(C)C)cc3)[nH]c2cc1C. The molecule has 1 amide bonds. The van der Waals surface area contributed by atoms with Crippen molar-refractivity contribution in [1.29, 1.82) is 0 Å². The number of amides is 1. The second-order valence-electron chi connectivity index (χ2n) is 9.96. The van der Waals surface area contributed by atoms with Crippen molar-refractivity contribution in [1.82, 2.24) is 9.97 Å². The van der Waals surface area contributed by atoms with Crippen molar-refractivity contribution in [2.24, 2.45) is 0 Å². The number of nitrogens with one attached hydrogen (secondary N) is 1. The monoisotopic (exact) mass is 584 g/mol. The summed E-state index contributed by atoms with van der Waals surface area (Å²) in [5.41, 5.74) is 5.64. The van der Waals surface area contributed by atoms with Gasteiger partial charge in [0, 0.05) is 29.6 Å². The van der Waals surface area contributed by atoms with Crippen molar-refractivity contribution < 1.29 is 19.1 Å². The Balaban J connectivity index is 1.50. The van der Waals surface area contributed by atoms with Gasteiger partial charge in [-0.3, -0.25) is 14.5 Å². The molecule has 3 heterocycles. The van der Waals surface area contributed by atoms with E-state index in [1.54, 1.807) is 12.1 Å². The molecule has 1 aliphatic heterocycles. The van der Waals surface area contributed by atoms with Gasteiger partial charge in [-0.2, -0.15) is 0 Å². The molecule has 0 radical (unpaired) electrons. The molecule has 2 N–H and O–H groups in total. The number of carbonyl (C=O) groups excluding carboxylic acids is 2. The molecule has 196 valence electrons. The van der Waals surface area contributed by atoms with E-state index in [2.05, 4.69) is 25.9 Å². The number of benzene rings is 3. The van der Waals surface area contributed by atoms with Crippen LogP contribution in [0, 0.1) is 13.8 Å². The van der Waals surface area contributed by atoms with Gasteiger partial charge >= 0.3 is 0 Å². The summed E-state index contributed by atoms with van der Waals surface area (Å²) >= 11 is 3.43. The van der Waals surface area contributed by atoms with Crippen LogP contribution in [0.2, 0.25) is 0 Å². The number of aliphatic hydroxyl groups excluding tert-OH is 1. The molecule has 0 aliphatic carbocycles. The maximum atomic E-state index is 13.9. The lowest BCUT2D eigenvalue weighted by atomic mass is 9.95. The third-order valence-electron chi connectivity index (χ3n) is 7.19. The zero-order chi connectivity index (χ0) is 27.6. The fourth-order valence-electron chi connectivity index (χ4n) is 4.95. The number of aromatic amines is 1. The third kappa shape index (κ3) is 4.10. The molecule has 8 nitrogen and oxygen atoms in total. The third-order valence-corrected chi connectivity index (χ3v) is 7.69. The summed E-state index contributed by atoms with van der Waals surface area (Å²) in [4.78, 5) is 38.7. The number of imidazole rings is 1. The van der Waals surface area contributed by atoms with Gasteiger partial charge in [-0.25, -0.2) is 4.98 Å². The number of carbonyl (C=O) groups is 2. The molecular formula is C30H25BrN4O4. The number of Topliss-reactive ketones (excluding diaryl/α,β-unsaturated/α-hetero) is 1. The number of aryl methyl sites for hydroxylation is 2. The predicted octanol–water partition coefficient (Wildman–Crippen LogP) is 6.54. The van der Waals surface area contributed by atoms with Crippen molar-refractivity contribution in [3.05, 3.63) is 98.9 Å². The van der Waals surface area contributed by atoms with Gasteiger partial charge in [0.05, 0.1) is 22.6 Å². The van der Waals surface area contributed by atoms with Gasteiger partial charge in [0.25, 0.3) is 5.91 Å². The number of aromatic nitrogens is 2. The number of hydrogen-bond acceptors (Lipinski definition) is 6. The van der Waals surface area contributed by atoms with Crippen molar-refractivity contribution in [2.75, 3.05) is 23.9 Å². The maximum Gasteiger partial charge on any atom is 0.296 e. The number of hydrogen-bond donors (Lipinski definition) is 2. The molecule has 1 atom stereocenters. The largest absolute Gasteiger partial charge is 0.503 e. The number of rotatable bonds is 5. The average molecular weight is 585 g/mol. The van der Waals surface area contributed by atoms with Crippen LogP contribution in [-0.2, 0) is 4.79 Å². The molecule has 0 saturated carbocycles. The van der Waals surface area contributed by atoms with Crippen LogP contribution in [0.4, 0.5) is 11.6 Å². The van der Waals surface area contributed by atoms with E-state index in [4.69, 9.17) is 4.42 Å². The molecule has 39 heavy (non-hydrogen) atoms. The number of aliphatic hydroxyl groups is 1. The van der Waals surface area contributed by atoms with Gasteiger partial charge in [-0.05, 0) is 79.1 Å². The van der Waals surface area contributed by atoms with Gasteiger partial charge in [0.2, 0.25) is 11.7 Å². The van der Waals surface area contributed by atoms with Crippen LogP contribution in [0.5, 0.6) is 0 Å². The number of nitrogens with zero attached hydrogens (tertiary/aromatic N) is 3. The van der Waals surface area contributed by atoms with Gasteiger partial charge < -0.3 is 19.4 Å². The molecule has 2 aromatic heterocycles. The first kappa shape index (κ1) is 24.9. The lowest BCUT2D eigenvalue weighted by Crippen LogP contribution is -2.32. The molecule has 5 aromatic rings. The predicted molar refractivity (Wildman–Crippen MR) is 154 cm³/mol. The van der Waals surface area contributed by atoms with Gasteiger partial charge in [-0.15, -0.1) is 0 Å². The number of H-pyrrole nitrogens is 1. The van der Waals surface area contributed by atoms with Crippen molar-refractivity contribution in [3.8, 4) is 0 Å². The Labute approximate surface area is 232 Å². The van der Waals surface area contributed by atoms with Crippen molar-refractivity contribution in [2.45, 2.75) is 19.9 Å². The smallest absolute Gasteiger partial charge is 0.296 e. The molecule has 0 fully saturated rings. The molecular weight excluding hydrogens is 560 g/mol. The van der Waals surface area contributed by atoms with Crippen LogP contribution in [0.25, 0.3) is 22.0 Å². The summed E-state index contributed by atoms with van der Waals surface area (Å²) in [5, 5.41) is 11.9. The minimum atomic E-state index is -0.927. The fraction of sp³-hybridized carbons (Fsp3) is 0.167. The van der Waals surface area contributed by atoms with Gasteiger partial charge in [0.1, 0.15) is 5.58 Å². The second kappa shape index (κ2) is 9.13. The lowest BCUT2D eigenvalue weighted by Gasteiger charge is -2.25. The van der Waals surface area contributed by atoms with E-state index in [-0.39, 0.29) is 17.3 Å². The highest BCUT2D eigenvalue weighted by Crippen LogP contribution is 2.42. The number of ketones is 1. The highest BCUT2D eigenvalue weighted by atomic mass is 79.9. The maximum absolute atomic E-state index is 13.9. The van der Waals surface area contributed by atoms with Crippen LogP contribution in [0.3, 0.4) is 0 Å². The Hall–Kier alpha value is -4.37. The highest BCUT2D eigenvalue weighted by molar-refractivity contribution is 9.10. The number of furan rings is 1. The van der Waals surface area contributed by atoms with E-state index in [9.17, 15) is 14.7 Å². The second-order valence-corrected chi connectivity index (χ2v) is 10.9. The fourth-order valence-corrected chi connectivity index (χ4v) is 5.33. The Bertz CT molecular complexity index is 1790. The molecule has 0 saturated heterocycles. The van der Waals surface area contributed by atoms with E-state index in [0.717, 1.165) is 32.2 Å². The zero-order valence-electron chi connectivity index (χ0n) is 21.7. The number of fused-ring (bicyclic) bond motifs is 2. The minimum absolute atomic E-state index is 0.0325. The van der Waals surface area contributed by atoms with Crippen LogP contribution in [0.15, 0.2) is 80.9 Å². The summed E-state index contributed by atoms with van der Waals surface area (Å²) < 4.78 is 6.70. The summed E-state index contributed by atoms with van der Waals surface area (Å²) in [6.45, 7) is 4.00. The summed E-state index contributed by atoms with van der Waals surface area (Å²) in [5.74, 6) is -1.64. The van der Waals surface area contributed by atoms with Crippen molar-refractivity contribution >= 4 is 61.3 Å². The van der Waals surface area contributed by atoms with Crippen LogP contribution in [-0.4, -0.2) is 40.9 Å². The minimum Gasteiger partial charge on any atom is -0.503 e. The zero-order valence-corrected chi connectivity index (χ0v) is 23.3. The topological polar surface area (TPSA) is 103 Å². The quantitative estimate of drug-likeness (QED) is 0.227. The van der Waals surface area contributed by atoms with E-state index in [1.807, 2.05) is 81.4 Å². The van der Waals surface area contributed by atoms with E-state index in [0.29, 0.717) is 16.7 Å². The van der Waals surface area contributed by atoms with E-state index < -0.39 is 23.5 Å². The van der Waals surface area contributed by atoms with Gasteiger partial charge in [-0.1, -0.05) is 28.1 Å². The summed E-state index contributed by atoms with van der Waals surface area (Å²) in [7, 11) is 3.86. The highest BCUT2D eigenvalue weighted by Gasteiger charge is 2.46. The van der Waals surface area contributed by atoms with E-state index >= 15 is 0 Å². The van der Waals surface area contributed by atoms with Gasteiger partial charge in [0.15, 0.2) is 11.5 Å². The first-order valence-electron chi connectivity index (χ1n) is 12.4. The molecule has 9 heteroatoms. The normalized spacial score (nSPS) is 15.7. The first-order valence-corrected chi connectivity index (χ1v) is 13.2. The molecule has 6 rings (SSSR count). The van der Waals surface area contributed by atoms with Crippen LogP contribution >= 0.6 is 15.9 Å². The standard InChI is InChI=1S/C30H25BrN4O4/c1-15-11-21-22(12-16(15)2)33-30(32-21)35-26(17-5-8-20(9-6-17)34(3)4)25(28(37)29(35)38)27(36)24-14-18-13-19(31)7-10-23(18)39-24/h5-14,26,37H,1-4H3,(H,32,33). The molecule has 1 unspecified atom stereocenters. The van der Waals surface area contributed by atoms with Crippen LogP contribution < -0.4 is 9.80 Å². The van der Waals surface area contributed by atoms with E-state index in [1.165, 1.54) is 4.90 Å². The summed E-state index contributed by atoms with van der Waals surface area (Å²) in [6.07, 6.45) is 0. The molecule has 3 aromatic carbocycles. The molecule has 1 aliphatic rings. The summed E-state index contributed by atoms with van der Waals surface area (Å²) in [6, 6.07) is 17.5. The Kier molecular flexibility index (Phi) is 5.84. The first-order chi connectivity index (χ1) is 18.6. The van der Waals surface area contributed by atoms with Crippen LogP contribution in [0.1, 0.15) is 33.3 Å². The molecule has 0 bridgehead atoms. The number of halogens is 1. The Morgan fingerprint density at radius 1 is 1.05 bits per heavy atom. The average Bonchev–Trinajstić information content (AvgIpc) is 3.58. The molecule has 0 spiro atoms. The Morgan fingerprint density at radius 2 is 1.77 bits per heavy atom. The van der Waals surface area contributed by atoms with Crippen molar-refractivity contribution in [3.63, 3.8) is 0 Å². The Morgan fingerprint density at radius 3 is 2.49 bits per heavy atom. The number of anilines is 2. The lowest BCUT2D eigenvalue weighted by molar-refractivity contribution is -0.117.